The van der Waals surface area contributed by atoms with Crippen molar-refractivity contribution >= 4 is 5.91 Å². The van der Waals surface area contributed by atoms with E-state index < -0.39 is 0 Å². The van der Waals surface area contributed by atoms with E-state index in [1.54, 1.807) is 7.05 Å². The predicted octanol–water partition coefficient (Wildman–Crippen LogP) is -0.396. The third-order valence-corrected chi connectivity index (χ3v) is 1.85. The molecule has 78 valence electrons. The standard InChI is InChI=1S/C8H14N4O2/c1-6-7(12-14-11-6)5-10-4-3-8(13)9-2/h10H,3-5H2,1-2H3,(H,9,13). The second-order valence-corrected chi connectivity index (χ2v) is 2.90. The monoisotopic (exact) mass is 198 g/mol. The maximum atomic E-state index is 10.8. The van der Waals surface area contributed by atoms with Crippen LogP contribution in [0.3, 0.4) is 0 Å². The Morgan fingerprint density at radius 2 is 2.29 bits per heavy atom. The van der Waals surface area contributed by atoms with Gasteiger partial charge in [-0.05, 0) is 6.92 Å². The first-order valence-corrected chi connectivity index (χ1v) is 4.43. The van der Waals surface area contributed by atoms with Crippen LogP contribution in [0, 0.1) is 6.92 Å². The Morgan fingerprint density at radius 1 is 1.50 bits per heavy atom. The van der Waals surface area contributed by atoms with E-state index in [2.05, 4.69) is 25.6 Å². The molecule has 0 bridgehead atoms. The lowest BCUT2D eigenvalue weighted by Gasteiger charge is -2.01. The van der Waals surface area contributed by atoms with E-state index in [4.69, 9.17) is 0 Å². The fourth-order valence-electron chi connectivity index (χ4n) is 0.944. The maximum absolute atomic E-state index is 10.8. The second kappa shape index (κ2) is 5.33. The third-order valence-electron chi connectivity index (χ3n) is 1.85. The summed E-state index contributed by atoms with van der Waals surface area (Å²) in [7, 11) is 1.62. The molecule has 0 atom stereocenters. The molecule has 0 saturated heterocycles. The van der Waals surface area contributed by atoms with Crippen LogP contribution in [0.4, 0.5) is 0 Å². The minimum atomic E-state index is 0.0208. The Balaban J connectivity index is 2.16. The van der Waals surface area contributed by atoms with E-state index in [1.807, 2.05) is 6.92 Å². The normalized spacial score (nSPS) is 10.1. The van der Waals surface area contributed by atoms with Gasteiger partial charge in [0.05, 0.1) is 0 Å². The van der Waals surface area contributed by atoms with Gasteiger partial charge in [0, 0.05) is 26.6 Å². The quantitative estimate of drug-likeness (QED) is 0.629. The lowest BCUT2D eigenvalue weighted by Crippen LogP contribution is -2.24. The van der Waals surface area contributed by atoms with E-state index in [9.17, 15) is 4.79 Å². The van der Waals surface area contributed by atoms with E-state index in [-0.39, 0.29) is 5.91 Å². The van der Waals surface area contributed by atoms with Gasteiger partial charge in [0.15, 0.2) is 0 Å². The number of aryl methyl sites for hydroxylation is 1. The fourth-order valence-corrected chi connectivity index (χ4v) is 0.944. The molecule has 0 saturated carbocycles. The van der Waals surface area contributed by atoms with Gasteiger partial charge in [0.1, 0.15) is 11.4 Å². The van der Waals surface area contributed by atoms with Crippen LogP contribution in [0.5, 0.6) is 0 Å². The molecule has 14 heavy (non-hydrogen) atoms. The Labute approximate surface area is 82.0 Å². The van der Waals surface area contributed by atoms with Crippen LogP contribution in [0.1, 0.15) is 17.8 Å². The van der Waals surface area contributed by atoms with E-state index in [0.717, 1.165) is 11.4 Å². The first-order chi connectivity index (χ1) is 6.74. The minimum absolute atomic E-state index is 0.0208. The van der Waals surface area contributed by atoms with Crippen molar-refractivity contribution in [2.45, 2.75) is 19.9 Å². The molecule has 0 aromatic carbocycles. The summed E-state index contributed by atoms with van der Waals surface area (Å²) in [6.07, 6.45) is 0.459. The van der Waals surface area contributed by atoms with Gasteiger partial charge in [-0.2, -0.15) is 0 Å². The highest BCUT2D eigenvalue weighted by Gasteiger charge is 2.04. The summed E-state index contributed by atoms with van der Waals surface area (Å²) in [5.74, 6) is 0.0208. The van der Waals surface area contributed by atoms with Crippen molar-refractivity contribution in [2.24, 2.45) is 0 Å². The molecule has 0 spiro atoms. The molecule has 0 radical (unpaired) electrons. The topological polar surface area (TPSA) is 80.0 Å². The molecule has 1 heterocycles. The Morgan fingerprint density at radius 3 is 2.86 bits per heavy atom. The number of nitrogens with zero attached hydrogens (tertiary/aromatic N) is 2. The van der Waals surface area contributed by atoms with Crippen molar-refractivity contribution in [1.82, 2.24) is 20.9 Å². The molecule has 6 heteroatoms. The second-order valence-electron chi connectivity index (χ2n) is 2.90. The van der Waals surface area contributed by atoms with Gasteiger partial charge in [-0.15, -0.1) is 0 Å². The first-order valence-electron chi connectivity index (χ1n) is 4.43. The van der Waals surface area contributed by atoms with E-state index in [1.165, 1.54) is 0 Å². The Kier molecular flexibility index (Phi) is 4.06. The molecule has 0 fully saturated rings. The van der Waals surface area contributed by atoms with Crippen molar-refractivity contribution in [2.75, 3.05) is 13.6 Å². The molecular formula is C8H14N4O2. The zero-order valence-corrected chi connectivity index (χ0v) is 8.33. The first kappa shape index (κ1) is 10.6. The van der Waals surface area contributed by atoms with E-state index in [0.29, 0.717) is 19.5 Å². The minimum Gasteiger partial charge on any atom is -0.359 e. The smallest absolute Gasteiger partial charge is 0.221 e. The Hall–Kier alpha value is -1.43. The number of carbonyl (C=O) groups is 1. The SMILES string of the molecule is CNC(=O)CCNCc1nonc1C. The Bertz CT molecular complexity index is 297. The molecule has 0 unspecified atom stereocenters. The summed E-state index contributed by atoms with van der Waals surface area (Å²) in [5.41, 5.74) is 1.55. The number of rotatable bonds is 5. The van der Waals surface area contributed by atoms with Crippen LogP contribution >= 0.6 is 0 Å². The van der Waals surface area contributed by atoms with Gasteiger partial charge in [-0.3, -0.25) is 4.79 Å². The summed E-state index contributed by atoms with van der Waals surface area (Å²) < 4.78 is 4.53. The highest BCUT2D eigenvalue weighted by atomic mass is 16.6. The largest absolute Gasteiger partial charge is 0.359 e. The third kappa shape index (κ3) is 3.14. The van der Waals surface area contributed by atoms with Crippen molar-refractivity contribution in [1.29, 1.82) is 0 Å². The maximum Gasteiger partial charge on any atom is 0.221 e. The number of carbonyl (C=O) groups excluding carboxylic acids is 1. The molecular weight excluding hydrogens is 184 g/mol. The van der Waals surface area contributed by atoms with Crippen molar-refractivity contribution < 1.29 is 9.42 Å². The van der Waals surface area contributed by atoms with Gasteiger partial charge in [-0.25, -0.2) is 4.63 Å². The zero-order valence-electron chi connectivity index (χ0n) is 8.33. The molecule has 0 aliphatic heterocycles. The van der Waals surface area contributed by atoms with Crippen LogP contribution in [0.2, 0.25) is 0 Å². The summed E-state index contributed by atoms with van der Waals surface area (Å²) in [6, 6.07) is 0. The number of amides is 1. The molecule has 2 N–H and O–H groups in total. The van der Waals surface area contributed by atoms with Gasteiger partial charge >= 0.3 is 0 Å². The van der Waals surface area contributed by atoms with Crippen LogP contribution < -0.4 is 10.6 Å². The summed E-state index contributed by atoms with van der Waals surface area (Å²) in [5, 5.41) is 13.0. The van der Waals surface area contributed by atoms with Gasteiger partial charge in [0.2, 0.25) is 5.91 Å². The van der Waals surface area contributed by atoms with Crippen LogP contribution in [-0.2, 0) is 11.3 Å². The lowest BCUT2D eigenvalue weighted by molar-refractivity contribution is -0.120. The average molecular weight is 198 g/mol. The number of hydrogen-bond acceptors (Lipinski definition) is 5. The van der Waals surface area contributed by atoms with Crippen molar-refractivity contribution in [3.05, 3.63) is 11.4 Å². The van der Waals surface area contributed by atoms with Crippen molar-refractivity contribution in [3.63, 3.8) is 0 Å². The molecule has 1 amide bonds. The highest BCUT2D eigenvalue weighted by Crippen LogP contribution is 1.98. The molecule has 1 rings (SSSR count). The number of aromatic nitrogens is 2. The van der Waals surface area contributed by atoms with Gasteiger partial charge < -0.3 is 10.6 Å². The summed E-state index contributed by atoms with van der Waals surface area (Å²) in [4.78, 5) is 10.8. The van der Waals surface area contributed by atoms with E-state index >= 15 is 0 Å². The van der Waals surface area contributed by atoms with Crippen LogP contribution in [0.25, 0.3) is 0 Å². The molecule has 1 aromatic rings. The number of nitrogens with one attached hydrogen (secondary N) is 2. The average Bonchev–Trinajstić information content (AvgIpc) is 2.58. The molecule has 1 aromatic heterocycles. The van der Waals surface area contributed by atoms with Crippen molar-refractivity contribution in [3.8, 4) is 0 Å². The fraction of sp³-hybridized carbons (Fsp3) is 0.625. The molecule has 0 aliphatic carbocycles. The van der Waals surface area contributed by atoms with Crippen LogP contribution in [0.15, 0.2) is 4.63 Å². The summed E-state index contributed by atoms with van der Waals surface area (Å²) >= 11 is 0. The molecule has 6 nitrogen and oxygen atoms in total. The summed E-state index contributed by atoms with van der Waals surface area (Å²) in [6.45, 7) is 3.02. The molecule has 0 aliphatic rings. The number of hydrogen-bond donors (Lipinski definition) is 2. The van der Waals surface area contributed by atoms with Gasteiger partial charge in [0.25, 0.3) is 0 Å². The lowest BCUT2D eigenvalue weighted by atomic mass is 10.3. The van der Waals surface area contributed by atoms with Gasteiger partial charge in [-0.1, -0.05) is 10.3 Å². The zero-order chi connectivity index (χ0) is 10.4. The predicted molar refractivity (Wildman–Crippen MR) is 49.4 cm³/mol. The van der Waals surface area contributed by atoms with Crippen LogP contribution in [-0.4, -0.2) is 29.8 Å². The highest BCUT2D eigenvalue weighted by molar-refractivity contribution is 5.75.